The van der Waals surface area contributed by atoms with Gasteiger partial charge in [-0.2, -0.15) is 0 Å². The second-order valence-electron chi connectivity index (χ2n) is 5.60. The number of thioether (sulfide) groups is 1. The van der Waals surface area contributed by atoms with Crippen molar-refractivity contribution in [2.75, 3.05) is 12.4 Å². The van der Waals surface area contributed by atoms with Gasteiger partial charge in [-0.05, 0) is 30.5 Å². The van der Waals surface area contributed by atoms with Gasteiger partial charge in [-0.3, -0.25) is 10.1 Å². The fraction of sp³-hybridized carbons (Fsp3) is 0.375. The molecule has 1 aromatic heterocycles. The first-order valence-corrected chi connectivity index (χ1v) is 9.48. The summed E-state index contributed by atoms with van der Waals surface area (Å²) in [6.07, 6.45) is 0. The van der Waals surface area contributed by atoms with Crippen LogP contribution in [0.1, 0.15) is 32.3 Å². The lowest BCUT2D eigenvalue weighted by Gasteiger charge is -2.08. The molecule has 0 aliphatic carbocycles. The van der Waals surface area contributed by atoms with E-state index in [2.05, 4.69) is 52.1 Å². The van der Waals surface area contributed by atoms with Gasteiger partial charge < -0.3 is 10.6 Å². The smallest absolute Gasteiger partial charge is 0.321 e. The number of urea groups is 1. The topological polar surface area (TPSA) is 96.0 Å². The SMILES string of the molecule is CNC(=O)NC(=O)C(C)Sc1nnc(Nc2ccc(C(C)C)cc2)s1. The Morgan fingerprint density at radius 1 is 1.12 bits per heavy atom. The second-order valence-corrected chi connectivity index (χ2v) is 8.17. The van der Waals surface area contributed by atoms with E-state index in [0.29, 0.717) is 15.4 Å². The normalized spacial score (nSPS) is 11.9. The first-order chi connectivity index (χ1) is 11.9. The third kappa shape index (κ3) is 5.71. The summed E-state index contributed by atoms with van der Waals surface area (Å²) in [5.41, 5.74) is 2.21. The summed E-state index contributed by atoms with van der Waals surface area (Å²) in [7, 11) is 1.46. The van der Waals surface area contributed by atoms with Gasteiger partial charge in [0.2, 0.25) is 11.0 Å². The Hall–Kier alpha value is -2.13. The Bertz CT molecular complexity index is 730. The molecule has 1 aromatic carbocycles. The van der Waals surface area contributed by atoms with E-state index < -0.39 is 11.3 Å². The van der Waals surface area contributed by atoms with Crippen LogP contribution >= 0.6 is 23.1 Å². The molecule has 3 N–H and O–H groups in total. The molecule has 1 atom stereocenters. The van der Waals surface area contributed by atoms with Gasteiger partial charge in [0.15, 0.2) is 4.34 Å². The number of hydrogen-bond acceptors (Lipinski definition) is 7. The van der Waals surface area contributed by atoms with Crippen LogP contribution in [0.3, 0.4) is 0 Å². The van der Waals surface area contributed by atoms with E-state index in [0.717, 1.165) is 5.69 Å². The Morgan fingerprint density at radius 2 is 1.80 bits per heavy atom. The molecule has 134 valence electrons. The molecule has 9 heteroatoms. The number of benzene rings is 1. The van der Waals surface area contributed by atoms with Crippen molar-refractivity contribution in [3.8, 4) is 0 Å². The van der Waals surface area contributed by atoms with Crippen LogP contribution in [0, 0.1) is 0 Å². The van der Waals surface area contributed by atoms with Crippen LogP contribution in [0.2, 0.25) is 0 Å². The van der Waals surface area contributed by atoms with E-state index in [1.807, 2.05) is 12.1 Å². The molecule has 25 heavy (non-hydrogen) atoms. The predicted octanol–water partition coefficient (Wildman–Crippen LogP) is 3.34. The van der Waals surface area contributed by atoms with Crippen LogP contribution in [0.4, 0.5) is 15.6 Å². The maximum Gasteiger partial charge on any atom is 0.321 e. The van der Waals surface area contributed by atoms with Crippen molar-refractivity contribution < 1.29 is 9.59 Å². The highest BCUT2D eigenvalue weighted by Gasteiger charge is 2.18. The van der Waals surface area contributed by atoms with Crippen LogP contribution in [0.25, 0.3) is 0 Å². The zero-order valence-electron chi connectivity index (χ0n) is 14.5. The number of hydrogen-bond donors (Lipinski definition) is 3. The van der Waals surface area contributed by atoms with Crippen molar-refractivity contribution in [2.45, 2.75) is 36.3 Å². The number of rotatable bonds is 6. The molecule has 2 aromatic rings. The molecule has 0 spiro atoms. The summed E-state index contributed by atoms with van der Waals surface area (Å²) in [5.74, 6) is 0.110. The molecular formula is C16H21N5O2S2. The maximum atomic E-state index is 11.8. The third-order valence-corrected chi connectivity index (χ3v) is 5.37. The number of aromatic nitrogens is 2. The Labute approximate surface area is 155 Å². The average Bonchev–Trinajstić information content (AvgIpc) is 3.01. The van der Waals surface area contributed by atoms with E-state index >= 15 is 0 Å². The molecule has 0 saturated carbocycles. The lowest BCUT2D eigenvalue weighted by atomic mass is 10.0. The maximum absolute atomic E-state index is 11.8. The van der Waals surface area contributed by atoms with Crippen molar-refractivity contribution >= 4 is 45.9 Å². The molecule has 1 unspecified atom stereocenters. The Balaban J connectivity index is 1.93. The van der Waals surface area contributed by atoms with Gasteiger partial charge in [0, 0.05) is 12.7 Å². The van der Waals surface area contributed by atoms with Gasteiger partial charge in [-0.15, -0.1) is 10.2 Å². The second kappa shape index (κ2) is 8.82. The highest BCUT2D eigenvalue weighted by molar-refractivity contribution is 8.02. The lowest BCUT2D eigenvalue weighted by Crippen LogP contribution is -2.41. The van der Waals surface area contributed by atoms with Gasteiger partial charge in [0.1, 0.15) is 0 Å². The van der Waals surface area contributed by atoms with E-state index in [1.54, 1.807) is 6.92 Å². The number of nitrogens with zero attached hydrogens (tertiary/aromatic N) is 2. The average molecular weight is 380 g/mol. The monoisotopic (exact) mass is 379 g/mol. The quantitative estimate of drug-likeness (QED) is 0.666. The molecule has 0 fully saturated rings. The number of nitrogens with one attached hydrogen (secondary N) is 3. The fourth-order valence-electron chi connectivity index (χ4n) is 1.86. The summed E-state index contributed by atoms with van der Waals surface area (Å²) in [4.78, 5) is 23.0. The lowest BCUT2D eigenvalue weighted by molar-refractivity contribution is -0.119. The summed E-state index contributed by atoms with van der Waals surface area (Å²) in [6, 6.07) is 7.64. The van der Waals surface area contributed by atoms with Gasteiger partial charge >= 0.3 is 6.03 Å². The van der Waals surface area contributed by atoms with Gasteiger partial charge in [-0.25, -0.2) is 4.79 Å². The van der Waals surface area contributed by atoms with E-state index in [-0.39, 0.29) is 5.91 Å². The first-order valence-electron chi connectivity index (χ1n) is 7.78. The van der Waals surface area contributed by atoms with Crippen LogP contribution in [0.5, 0.6) is 0 Å². The van der Waals surface area contributed by atoms with Crippen molar-refractivity contribution in [2.24, 2.45) is 0 Å². The fourth-order valence-corrected chi connectivity index (χ4v) is 3.78. The van der Waals surface area contributed by atoms with Crippen LogP contribution in [-0.2, 0) is 4.79 Å². The highest BCUT2D eigenvalue weighted by atomic mass is 32.2. The molecule has 7 nitrogen and oxygen atoms in total. The van der Waals surface area contributed by atoms with Crippen LogP contribution in [0.15, 0.2) is 28.6 Å². The Kier molecular flexibility index (Phi) is 6.77. The highest BCUT2D eigenvalue weighted by Crippen LogP contribution is 2.30. The van der Waals surface area contributed by atoms with E-state index in [9.17, 15) is 9.59 Å². The van der Waals surface area contributed by atoms with Gasteiger partial charge in [0.05, 0.1) is 5.25 Å². The van der Waals surface area contributed by atoms with Crippen molar-refractivity contribution in [3.05, 3.63) is 29.8 Å². The minimum absolute atomic E-state index is 0.377. The minimum Gasteiger partial charge on any atom is -0.341 e. The summed E-state index contributed by atoms with van der Waals surface area (Å²) in [5, 5.41) is 16.1. The van der Waals surface area contributed by atoms with Crippen molar-refractivity contribution in [1.82, 2.24) is 20.8 Å². The minimum atomic E-state index is -0.526. The summed E-state index contributed by atoms with van der Waals surface area (Å²) in [6.45, 7) is 6.01. The van der Waals surface area contributed by atoms with Gasteiger partial charge in [-0.1, -0.05) is 49.1 Å². The molecule has 0 saturated heterocycles. The van der Waals surface area contributed by atoms with Crippen molar-refractivity contribution in [3.63, 3.8) is 0 Å². The molecule has 0 aliphatic heterocycles. The number of anilines is 2. The molecule has 2 rings (SSSR count). The molecule has 0 aliphatic rings. The molecule has 1 heterocycles. The first kappa shape index (κ1) is 19.2. The number of amides is 3. The molecule has 0 radical (unpaired) electrons. The third-order valence-electron chi connectivity index (χ3n) is 3.35. The summed E-state index contributed by atoms with van der Waals surface area (Å²) < 4.78 is 0.654. The zero-order chi connectivity index (χ0) is 18.4. The molecule has 0 bridgehead atoms. The van der Waals surface area contributed by atoms with Crippen molar-refractivity contribution in [1.29, 1.82) is 0 Å². The van der Waals surface area contributed by atoms with Crippen LogP contribution < -0.4 is 16.0 Å². The van der Waals surface area contributed by atoms with E-state index in [1.165, 1.54) is 35.7 Å². The largest absolute Gasteiger partial charge is 0.341 e. The number of carbonyl (C=O) groups excluding carboxylic acids is 2. The van der Waals surface area contributed by atoms with Gasteiger partial charge in [0.25, 0.3) is 0 Å². The Morgan fingerprint density at radius 3 is 2.40 bits per heavy atom. The van der Waals surface area contributed by atoms with E-state index in [4.69, 9.17) is 0 Å². The summed E-state index contributed by atoms with van der Waals surface area (Å²) >= 11 is 2.61. The molecular weight excluding hydrogens is 358 g/mol. The number of imide groups is 1. The zero-order valence-corrected chi connectivity index (χ0v) is 16.1. The standard InChI is InChI=1S/C16H21N5O2S2/c1-9(2)11-5-7-12(8-6-11)18-15-20-21-16(25-15)24-10(3)13(22)19-14(23)17-4/h5-10H,1-4H3,(H,18,20)(H2,17,19,22,23). The number of carbonyl (C=O) groups is 2. The predicted molar refractivity (Wildman–Crippen MR) is 102 cm³/mol. The van der Waals surface area contributed by atoms with Crippen LogP contribution in [-0.4, -0.2) is 34.4 Å². The molecule has 3 amide bonds.